The molecule has 1 heterocycles. The van der Waals surface area contributed by atoms with Crippen LogP contribution in [-0.4, -0.2) is 22.3 Å². The zero-order valence-electron chi connectivity index (χ0n) is 11.3. The van der Waals surface area contributed by atoms with E-state index in [0.717, 1.165) is 5.56 Å². The average molecular weight is 271 g/mol. The van der Waals surface area contributed by atoms with E-state index in [1.807, 2.05) is 31.2 Å². The number of H-pyrrole nitrogens is 1. The van der Waals surface area contributed by atoms with Crippen molar-refractivity contribution in [2.24, 2.45) is 0 Å². The van der Waals surface area contributed by atoms with Gasteiger partial charge in [-0.1, -0.05) is 12.1 Å². The number of hydrogen-bond donors (Lipinski definition) is 2. The lowest BCUT2D eigenvalue weighted by Gasteiger charge is -2.21. The lowest BCUT2D eigenvalue weighted by Crippen LogP contribution is -2.30. The smallest absolute Gasteiger partial charge is 0.255 e. The Kier molecular flexibility index (Phi) is 4.20. The predicted molar refractivity (Wildman–Crippen MR) is 78.3 cm³/mol. The number of pyridine rings is 1. The number of nitrogen functional groups attached to an aromatic ring is 1. The summed E-state index contributed by atoms with van der Waals surface area (Å²) in [4.78, 5) is 27.6. The van der Waals surface area contributed by atoms with Gasteiger partial charge in [-0.15, -0.1) is 0 Å². The van der Waals surface area contributed by atoms with Crippen molar-refractivity contribution in [3.63, 3.8) is 0 Å². The van der Waals surface area contributed by atoms with Gasteiger partial charge in [-0.2, -0.15) is 0 Å². The minimum Gasteiger partial charge on any atom is -0.399 e. The normalized spacial score (nSPS) is 10.2. The first-order valence-corrected chi connectivity index (χ1v) is 6.42. The van der Waals surface area contributed by atoms with Crippen molar-refractivity contribution >= 4 is 11.6 Å². The summed E-state index contributed by atoms with van der Waals surface area (Å²) in [5.41, 5.74) is 7.64. The number of hydrogen-bond acceptors (Lipinski definition) is 3. The van der Waals surface area contributed by atoms with Crippen LogP contribution in [0.5, 0.6) is 0 Å². The molecule has 2 rings (SSSR count). The summed E-state index contributed by atoms with van der Waals surface area (Å²) in [7, 11) is 0. The van der Waals surface area contributed by atoms with Gasteiger partial charge in [0.15, 0.2) is 0 Å². The summed E-state index contributed by atoms with van der Waals surface area (Å²) < 4.78 is 0. The molecule has 5 heteroatoms. The molecule has 1 aromatic heterocycles. The molecular formula is C15H17N3O2. The van der Waals surface area contributed by atoms with E-state index in [1.165, 1.54) is 18.3 Å². The number of nitrogens with one attached hydrogen (secondary N) is 1. The molecule has 0 saturated carbocycles. The van der Waals surface area contributed by atoms with Gasteiger partial charge < -0.3 is 15.6 Å². The monoisotopic (exact) mass is 271 g/mol. The van der Waals surface area contributed by atoms with Crippen molar-refractivity contribution in [2.75, 3.05) is 12.3 Å². The zero-order valence-corrected chi connectivity index (χ0v) is 11.3. The average Bonchev–Trinajstić information content (AvgIpc) is 2.45. The van der Waals surface area contributed by atoms with Crippen LogP contribution in [-0.2, 0) is 6.54 Å². The number of aromatic amines is 1. The van der Waals surface area contributed by atoms with Crippen molar-refractivity contribution < 1.29 is 4.79 Å². The summed E-state index contributed by atoms with van der Waals surface area (Å²) >= 11 is 0. The Morgan fingerprint density at radius 1 is 1.30 bits per heavy atom. The van der Waals surface area contributed by atoms with Crippen LogP contribution in [0, 0.1) is 0 Å². The highest BCUT2D eigenvalue weighted by Crippen LogP contribution is 2.11. The first-order valence-electron chi connectivity index (χ1n) is 6.42. The SMILES string of the molecule is CCN(Cc1cccc(N)c1)C(=O)c1ccc(=O)[nH]c1. The molecule has 0 bridgehead atoms. The molecule has 5 nitrogen and oxygen atoms in total. The van der Waals surface area contributed by atoms with Gasteiger partial charge in [0, 0.05) is 31.0 Å². The van der Waals surface area contributed by atoms with Crippen LogP contribution in [0.2, 0.25) is 0 Å². The maximum atomic E-state index is 12.3. The number of amides is 1. The van der Waals surface area contributed by atoms with Gasteiger partial charge in [0.25, 0.3) is 5.91 Å². The summed E-state index contributed by atoms with van der Waals surface area (Å²) in [6.07, 6.45) is 1.44. The summed E-state index contributed by atoms with van der Waals surface area (Å²) in [5.74, 6) is -0.119. The molecule has 0 aliphatic rings. The van der Waals surface area contributed by atoms with Gasteiger partial charge in [0.2, 0.25) is 5.56 Å². The van der Waals surface area contributed by atoms with E-state index >= 15 is 0 Å². The Morgan fingerprint density at radius 2 is 2.10 bits per heavy atom. The topological polar surface area (TPSA) is 79.2 Å². The maximum Gasteiger partial charge on any atom is 0.255 e. The molecule has 0 fully saturated rings. The van der Waals surface area contributed by atoms with Crippen LogP contribution in [0.1, 0.15) is 22.8 Å². The van der Waals surface area contributed by atoms with Crippen molar-refractivity contribution in [3.05, 3.63) is 64.1 Å². The minimum atomic E-state index is -0.222. The molecule has 3 N–H and O–H groups in total. The van der Waals surface area contributed by atoms with Gasteiger partial charge in [0.1, 0.15) is 0 Å². The van der Waals surface area contributed by atoms with Gasteiger partial charge in [-0.25, -0.2) is 0 Å². The van der Waals surface area contributed by atoms with Gasteiger partial charge in [-0.05, 0) is 30.7 Å². The van der Waals surface area contributed by atoms with E-state index in [2.05, 4.69) is 4.98 Å². The van der Waals surface area contributed by atoms with E-state index in [4.69, 9.17) is 5.73 Å². The highest BCUT2D eigenvalue weighted by Gasteiger charge is 2.14. The fourth-order valence-electron chi connectivity index (χ4n) is 1.97. The third kappa shape index (κ3) is 3.26. The second kappa shape index (κ2) is 6.06. The third-order valence-corrected chi connectivity index (χ3v) is 3.02. The first-order chi connectivity index (χ1) is 9.60. The van der Waals surface area contributed by atoms with Crippen molar-refractivity contribution in [2.45, 2.75) is 13.5 Å². The number of nitrogens with two attached hydrogens (primary N) is 1. The second-order valence-corrected chi connectivity index (χ2v) is 4.51. The first kappa shape index (κ1) is 13.9. The summed E-state index contributed by atoms with van der Waals surface area (Å²) in [6, 6.07) is 10.3. The van der Waals surface area contributed by atoms with Crippen LogP contribution in [0.25, 0.3) is 0 Å². The Labute approximate surface area is 117 Å². The summed E-state index contributed by atoms with van der Waals surface area (Å²) in [5, 5.41) is 0. The predicted octanol–water partition coefficient (Wildman–Crippen LogP) is 1.62. The molecule has 0 unspecified atom stereocenters. The highest BCUT2D eigenvalue weighted by molar-refractivity contribution is 5.93. The Bertz CT molecular complexity index is 644. The minimum absolute atomic E-state index is 0.119. The number of carbonyl (C=O) groups is 1. The lowest BCUT2D eigenvalue weighted by molar-refractivity contribution is 0.0752. The number of carbonyl (C=O) groups excluding carboxylic acids is 1. The Balaban J connectivity index is 2.17. The fourth-order valence-corrected chi connectivity index (χ4v) is 1.97. The van der Waals surface area contributed by atoms with Crippen LogP contribution >= 0.6 is 0 Å². The molecule has 20 heavy (non-hydrogen) atoms. The van der Waals surface area contributed by atoms with Gasteiger partial charge in [0.05, 0.1) is 5.56 Å². The number of benzene rings is 1. The van der Waals surface area contributed by atoms with Crippen LogP contribution in [0.4, 0.5) is 5.69 Å². The third-order valence-electron chi connectivity index (χ3n) is 3.02. The van der Waals surface area contributed by atoms with Crippen LogP contribution < -0.4 is 11.3 Å². The maximum absolute atomic E-state index is 12.3. The molecule has 0 aliphatic carbocycles. The van der Waals surface area contributed by atoms with E-state index < -0.39 is 0 Å². The zero-order chi connectivity index (χ0) is 14.5. The lowest BCUT2D eigenvalue weighted by atomic mass is 10.1. The van der Waals surface area contributed by atoms with E-state index in [1.54, 1.807) is 4.90 Å². The molecule has 1 amide bonds. The van der Waals surface area contributed by atoms with Crippen LogP contribution in [0.3, 0.4) is 0 Å². The molecule has 104 valence electrons. The van der Waals surface area contributed by atoms with E-state index in [-0.39, 0.29) is 11.5 Å². The number of anilines is 1. The van der Waals surface area contributed by atoms with E-state index in [0.29, 0.717) is 24.3 Å². The Hall–Kier alpha value is -2.56. The quantitative estimate of drug-likeness (QED) is 0.829. The van der Waals surface area contributed by atoms with Crippen LogP contribution in [0.15, 0.2) is 47.4 Å². The Morgan fingerprint density at radius 3 is 2.70 bits per heavy atom. The van der Waals surface area contributed by atoms with E-state index in [9.17, 15) is 9.59 Å². The number of nitrogens with zero attached hydrogens (tertiary/aromatic N) is 1. The molecular weight excluding hydrogens is 254 g/mol. The van der Waals surface area contributed by atoms with Gasteiger partial charge in [-0.3, -0.25) is 9.59 Å². The second-order valence-electron chi connectivity index (χ2n) is 4.51. The molecule has 0 radical (unpaired) electrons. The van der Waals surface area contributed by atoms with Crippen molar-refractivity contribution in [1.29, 1.82) is 0 Å². The molecule has 0 atom stereocenters. The molecule has 2 aromatic rings. The number of aromatic nitrogens is 1. The molecule has 1 aromatic carbocycles. The summed E-state index contributed by atoms with van der Waals surface area (Å²) in [6.45, 7) is 2.97. The van der Waals surface area contributed by atoms with Crippen molar-refractivity contribution in [3.8, 4) is 0 Å². The van der Waals surface area contributed by atoms with Gasteiger partial charge >= 0.3 is 0 Å². The van der Waals surface area contributed by atoms with Crippen molar-refractivity contribution in [1.82, 2.24) is 9.88 Å². The largest absolute Gasteiger partial charge is 0.399 e. The standard InChI is InChI=1S/C15H17N3O2/c1-2-18(10-11-4-3-5-13(16)8-11)15(20)12-6-7-14(19)17-9-12/h3-9H,2,10,16H2,1H3,(H,17,19). The molecule has 0 aliphatic heterocycles. The molecule has 0 saturated heterocycles. The number of rotatable bonds is 4. The molecule has 0 spiro atoms. The fraction of sp³-hybridized carbons (Fsp3) is 0.200. The highest BCUT2D eigenvalue weighted by atomic mass is 16.2.